The highest BCUT2D eigenvalue weighted by molar-refractivity contribution is 7.09. The van der Waals surface area contributed by atoms with Gasteiger partial charge in [0.1, 0.15) is 0 Å². The Labute approximate surface area is 129 Å². The quantitative estimate of drug-likeness (QED) is 0.720. The molecular weight excluding hydrogens is 276 g/mol. The molecule has 3 rings (SSSR count). The summed E-state index contributed by atoms with van der Waals surface area (Å²) in [6.45, 7) is 0. The van der Waals surface area contributed by atoms with Crippen LogP contribution in [0.2, 0.25) is 0 Å². The number of aromatic nitrogens is 1. The van der Waals surface area contributed by atoms with Crippen LogP contribution in [-0.2, 0) is 6.42 Å². The number of fused-ring (bicyclic) bond motifs is 1. The lowest BCUT2D eigenvalue weighted by atomic mass is 9.97. The van der Waals surface area contributed by atoms with Crippen molar-refractivity contribution in [3.63, 3.8) is 0 Å². The summed E-state index contributed by atoms with van der Waals surface area (Å²) in [6.07, 6.45) is 5.36. The van der Waals surface area contributed by atoms with Gasteiger partial charge in [0.15, 0.2) is 0 Å². The summed E-state index contributed by atoms with van der Waals surface area (Å²) < 4.78 is 0. The third-order valence-electron chi connectivity index (χ3n) is 3.90. The third-order valence-corrected chi connectivity index (χ3v) is 4.84. The third kappa shape index (κ3) is 3.31. The summed E-state index contributed by atoms with van der Waals surface area (Å²) in [5.41, 5.74) is 2.43. The Bertz CT molecular complexity index is 686. The molecule has 108 valence electrons. The molecule has 1 atom stereocenters. The van der Waals surface area contributed by atoms with Gasteiger partial charge in [0.2, 0.25) is 0 Å². The molecule has 2 aromatic heterocycles. The van der Waals surface area contributed by atoms with Gasteiger partial charge in [0, 0.05) is 22.5 Å². The van der Waals surface area contributed by atoms with Gasteiger partial charge in [-0.1, -0.05) is 24.3 Å². The maximum atomic E-state index is 4.45. The maximum Gasteiger partial charge on any atom is 0.0705 e. The van der Waals surface area contributed by atoms with Gasteiger partial charge in [0.25, 0.3) is 0 Å². The topological polar surface area (TPSA) is 24.9 Å². The molecule has 1 aromatic carbocycles. The van der Waals surface area contributed by atoms with E-state index in [9.17, 15) is 0 Å². The normalized spacial score (nSPS) is 12.6. The molecular formula is C18H20N2S. The van der Waals surface area contributed by atoms with Crippen LogP contribution in [-0.4, -0.2) is 12.0 Å². The Kier molecular flexibility index (Phi) is 4.63. The lowest BCUT2D eigenvalue weighted by molar-refractivity contribution is 0.531. The highest BCUT2D eigenvalue weighted by Crippen LogP contribution is 2.26. The summed E-state index contributed by atoms with van der Waals surface area (Å²) in [7, 11) is 2.05. The van der Waals surface area contributed by atoms with E-state index >= 15 is 0 Å². The fourth-order valence-corrected chi connectivity index (χ4v) is 3.57. The number of nitrogens with one attached hydrogen (secondary N) is 1. The molecule has 0 saturated heterocycles. The fraction of sp³-hybridized carbons (Fsp3) is 0.278. The lowest BCUT2D eigenvalue weighted by Crippen LogP contribution is -2.17. The van der Waals surface area contributed by atoms with Gasteiger partial charge in [-0.25, -0.2) is 0 Å². The molecule has 0 radical (unpaired) electrons. The first-order chi connectivity index (χ1) is 10.4. The van der Waals surface area contributed by atoms with Crippen molar-refractivity contribution in [2.75, 3.05) is 7.05 Å². The molecule has 1 unspecified atom stereocenters. The standard InChI is InChI=1S/C18H20N2S/c1-19-17(10-2-6-14-7-5-13-21-14)15-8-3-11-18-16(15)9-4-12-20-18/h3-5,7-9,11-13,17,19H,2,6,10H2,1H3. The van der Waals surface area contributed by atoms with Gasteiger partial charge in [-0.05, 0) is 55.5 Å². The van der Waals surface area contributed by atoms with E-state index in [1.165, 1.54) is 28.7 Å². The predicted molar refractivity (Wildman–Crippen MR) is 90.8 cm³/mol. The zero-order chi connectivity index (χ0) is 14.5. The molecule has 0 bridgehead atoms. The minimum atomic E-state index is 0.387. The Morgan fingerprint density at radius 1 is 1.14 bits per heavy atom. The molecule has 0 aliphatic heterocycles. The molecule has 2 nitrogen and oxygen atoms in total. The average Bonchev–Trinajstić information content (AvgIpc) is 3.05. The van der Waals surface area contributed by atoms with Crippen molar-refractivity contribution in [1.82, 2.24) is 10.3 Å². The Hall–Kier alpha value is -1.71. The van der Waals surface area contributed by atoms with Crippen LogP contribution in [0.25, 0.3) is 10.9 Å². The van der Waals surface area contributed by atoms with Gasteiger partial charge in [-0.2, -0.15) is 0 Å². The number of thiophene rings is 1. The first-order valence-electron chi connectivity index (χ1n) is 7.42. The van der Waals surface area contributed by atoms with Crippen molar-refractivity contribution in [3.8, 4) is 0 Å². The first kappa shape index (κ1) is 14.2. The highest BCUT2D eigenvalue weighted by Gasteiger charge is 2.12. The second kappa shape index (κ2) is 6.83. The Morgan fingerprint density at radius 2 is 2.10 bits per heavy atom. The van der Waals surface area contributed by atoms with Crippen LogP contribution in [0.4, 0.5) is 0 Å². The Balaban J connectivity index is 1.75. The van der Waals surface area contributed by atoms with Crippen LogP contribution in [0.5, 0.6) is 0 Å². The van der Waals surface area contributed by atoms with Crippen LogP contribution in [0.15, 0.2) is 54.0 Å². The number of pyridine rings is 1. The van der Waals surface area contributed by atoms with Gasteiger partial charge >= 0.3 is 0 Å². The molecule has 2 heterocycles. The van der Waals surface area contributed by atoms with Gasteiger partial charge < -0.3 is 5.32 Å². The molecule has 21 heavy (non-hydrogen) atoms. The van der Waals surface area contributed by atoms with E-state index in [4.69, 9.17) is 0 Å². The number of hydrogen-bond acceptors (Lipinski definition) is 3. The van der Waals surface area contributed by atoms with Crippen molar-refractivity contribution in [2.45, 2.75) is 25.3 Å². The average molecular weight is 296 g/mol. The van der Waals surface area contributed by atoms with Gasteiger partial charge in [0.05, 0.1) is 5.52 Å². The molecule has 0 fully saturated rings. The molecule has 0 saturated carbocycles. The van der Waals surface area contributed by atoms with E-state index < -0.39 is 0 Å². The van der Waals surface area contributed by atoms with Gasteiger partial charge in [-0.3, -0.25) is 4.98 Å². The number of aryl methyl sites for hydroxylation is 1. The largest absolute Gasteiger partial charge is 0.313 e. The number of nitrogens with zero attached hydrogens (tertiary/aromatic N) is 1. The van der Waals surface area contributed by atoms with E-state index in [0.29, 0.717) is 6.04 Å². The maximum absolute atomic E-state index is 4.45. The predicted octanol–water partition coefficient (Wildman–Crippen LogP) is 4.58. The molecule has 0 aliphatic rings. The van der Waals surface area contributed by atoms with Crippen molar-refractivity contribution in [2.24, 2.45) is 0 Å². The SMILES string of the molecule is CNC(CCCc1cccs1)c1cccc2ncccc12. The first-order valence-corrected chi connectivity index (χ1v) is 8.30. The zero-order valence-electron chi connectivity index (χ0n) is 12.3. The lowest BCUT2D eigenvalue weighted by Gasteiger charge is -2.18. The van der Waals surface area contributed by atoms with E-state index in [2.05, 4.69) is 52.1 Å². The fourth-order valence-electron chi connectivity index (χ4n) is 2.82. The van der Waals surface area contributed by atoms with Crippen LogP contribution < -0.4 is 5.32 Å². The monoisotopic (exact) mass is 296 g/mol. The van der Waals surface area contributed by atoms with E-state index in [-0.39, 0.29) is 0 Å². The summed E-state index contributed by atoms with van der Waals surface area (Å²) in [5.74, 6) is 0. The summed E-state index contributed by atoms with van der Waals surface area (Å²) in [6, 6.07) is 15.3. The number of benzene rings is 1. The molecule has 0 aliphatic carbocycles. The smallest absolute Gasteiger partial charge is 0.0705 e. The number of rotatable bonds is 6. The van der Waals surface area contributed by atoms with Gasteiger partial charge in [-0.15, -0.1) is 11.3 Å². The van der Waals surface area contributed by atoms with E-state index in [1.807, 2.05) is 30.6 Å². The van der Waals surface area contributed by atoms with Crippen molar-refractivity contribution in [3.05, 3.63) is 64.5 Å². The van der Waals surface area contributed by atoms with E-state index in [0.717, 1.165) is 11.9 Å². The minimum absolute atomic E-state index is 0.387. The summed E-state index contributed by atoms with van der Waals surface area (Å²) >= 11 is 1.85. The second-order valence-electron chi connectivity index (χ2n) is 5.23. The van der Waals surface area contributed by atoms with Crippen molar-refractivity contribution in [1.29, 1.82) is 0 Å². The molecule has 1 N–H and O–H groups in total. The highest BCUT2D eigenvalue weighted by atomic mass is 32.1. The second-order valence-corrected chi connectivity index (χ2v) is 6.26. The molecule has 3 aromatic rings. The Morgan fingerprint density at radius 3 is 2.90 bits per heavy atom. The van der Waals surface area contributed by atoms with Crippen LogP contribution in [0.3, 0.4) is 0 Å². The molecule has 0 spiro atoms. The van der Waals surface area contributed by atoms with Crippen molar-refractivity contribution < 1.29 is 0 Å². The van der Waals surface area contributed by atoms with Crippen molar-refractivity contribution >= 4 is 22.2 Å². The summed E-state index contributed by atoms with van der Waals surface area (Å²) in [4.78, 5) is 5.93. The van der Waals surface area contributed by atoms with Crippen LogP contribution in [0.1, 0.15) is 29.3 Å². The summed E-state index contributed by atoms with van der Waals surface area (Å²) in [5, 5.41) is 6.88. The molecule has 3 heteroatoms. The number of hydrogen-bond donors (Lipinski definition) is 1. The zero-order valence-corrected chi connectivity index (χ0v) is 13.1. The molecule has 0 amide bonds. The van der Waals surface area contributed by atoms with Crippen LogP contribution in [0, 0.1) is 0 Å². The minimum Gasteiger partial charge on any atom is -0.313 e. The van der Waals surface area contributed by atoms with Crippen LogP contribution >= 0.6 is 11.3 Å². The van der Waals surface area contributed by atoms with E-state index in [1.54, 1.807) is 0 Å².